The molecule has 0 radical (unpaired) electrons. The van der Waals surface area contributed by atoms with E-state index in [-0.39, 0.29) is 22.5 Å². The average molecular weight is 397 g/mol. The monoisotopic (exact) mass is 397 g/mol. The van der Waals surface area contributed by atoms with Crippen LogP contribution in [0.15, 0.2) is 42.5 Å². The first kappa shape index (κ1) is 20.9. The zero-order chi connectivity index (χ0) is 20.7. The Hall–Kier alpha value is -3.44. The molecule has 0 aliphatic heterocycles. The first-order valence-corrected chi connectivity index (χ1v) is 8.91. The summed E-state index contributed by atoms with van der Waals surface area (Å²) in [5.74, 6) is -1.32. The predicted octanol–water partition coefficient (Wildman–Crippen LogP) is 3.35. The van der Waals surface area contributed by atoms with E-state index in [2.05, 4.69) is 10.6 Å². The minimum atomic E-state index is -0.616. The van der Waals surface area contributed by atoms with Crippen molar-refractivity contribution in [2.75, 3.05) is 5.32 Å². The van der Waals surface area contributed by atoms with Crippen LogP contribution in [0, 0.1) is 11.3 Å². The number of aromatic hydroxyl groups is 1. The van der Waals surface area contributed by atoms with E-state index >= 15 is 0 Å². The fourth-order valence-electron chi connectivity index (χ4n) is 2.15. The Labute approximate surface area is 167 Å². The van der Waals surface area contributed by atoms with Crippen LogP contribution < -0.4 is 10.6 Å². The summed E-state index contributed by atoms with van der Waals surface area (Å²) in [6, 6.07) is 12.3. The van der Waals surface area contributed by atoms with Gasteiger partial charge < -0.3 is 15.2 Å². The number of nitriles is 1. The number of nitrogens with zero attached hydrogens (tertiary/aromatic N) is 1. The van der Waals surface area contributed by atoms with Crippen molar-refractivity contribution >= 4 is 34.9 Å². The van der Waals surface area contributed by atoms with Crippen LogP contribution in [0.25, 0.3) is 0 Å². The molecule has 2 aromatic rings. The van der Waals surface area contributed by atoms with E-state index < -0.39 is 11.9 Å². The molecule has 0 aromatic heterocycles. The van der Waals surface area contributed by atoms with Crippen LogP contribution in [0.2, 0.25) is 0 Å². The molecule has 144 valence electrons. The van der Waals surface area contributed by atoms with E-state index in [1.807, 2.05) is 13.0 Å². The Morgan fingerprint density at radius 1 is 1.25 bits per heavy atom. The molecule has 1 amide bonds. The summed E-state index contributed by atoms with van der Waals surface area (Å²) < 4.78 is 5.18. The van der Waals surface area contributed by atoms with Crippen LogP contribution in [0.3, 0.4) is 0 Å². The highest BCUT2D eigenvalue weighted by Crippen LogP contribution is 2.23. The third kappa shape index (κ3) is 5.53. The van der Waals surface area contributed by atoms with E-state index in [1.165, 1.54) is 42.5 Å². The first-order chi connectivity index (χ1) is 13.3. The topological polar surface area (TPSA) is 111 Å². The molecule has 0 bridgehead atoms. The number of ether oxygens (including phenoxy) is 1. The summed E-state index contributed by atoms with van der Waals surface area (Å²) in [5, 5.41) is 24.1. The number of thiocarbonyl (C=S) groups is 1. The van der Waals surface area contributed by atoms with Crippen LogP contribution in [0.4, 0.5) is 5.69 Å². The van der Waals surface area contributed by atoms with Crippen molar-refractivity contribution in [3.63, 3.8) is 0 Å². The first-order valence-electron chi connectivity index (χ1n) is 8.50. The predicted molar refractivity (Wildman–Crippen MR) is 108 cm³/mol. The standard InChI is InChI=1S/C20H19N3O4S/c1-3-12(2)27-19(26)16-9-8-15(10-17(16)24)22-20(28)23-18(25)14-6-4-13(11-21)5-7-14/h4-10,12,24H,3H2,1-2H3,(H2,22,23,25,28). The molecule has 1 unspecified atom stereocenters. The van der Waals surface area contributed by atoms with Gasteiger partial charge in [0.05, 0.1) is 17.7 Å². The van der Waals surface area contributed by atoms with Crippen molar-refractivity contribution in [1.29, 1.82) is 5.26 Å². The van der Waals surface area contributed by atoms with Gasteiger partial charge in [-0.25, -0.2) is 4.79 Å². The molecule has 0 aliphatic carbocycles. The van der Waals surface area contributed by atoms with Crippen LogP contribution in [-0.2, 0) is 4.74 Å². The van der Waals surface area contributed by atoms with Crippen molar-refractivity contribution in [3.8, 4) is 11.8 Å². The Morgan fingerprint density at radius 3 is 2.50 bits per heavy atom. The lowest BCUT2D eigenvalue weighted by atomic mass is 10.1. The molecule has 1 atom stereocenters. The minimum Gasteiger partial charge on any atom is -0.507 e. The summed E-state index contributed by atoms with van der Waals surface area (Å²) >= 11 is 5.09. The summed E-state index contributed by atoms with van der Waals surface area (Å²) in [5.41, 5.74) is 1.22. The fourth-order valence-corrected chi connectivity index (χ4v) is 2.36. The highest BCUT2D eigenvalue weighted by atomic mass is 32.1. The van der Waals surface area contributed by atoms with Crippen LogP contribution in [0.5, 0.6) is 5.75 Å². The van der Waals surface area contributed by atoms with Gasteiger partial charge in [-0.05, 0) is 62.0 Å². The smallest absolute Gasteiger partial charge is 0.342 e. The lowest BCUT2D eigenvalue weighted by molar-refractivity contribution is 0.0331. The van der Waals surface area contributed by atoms with Crippen LogP contribution >= 0.6 is 12.2 Å². The Kier molecular flexibility index (Phi) is 7.07. The summed E-state index contributed by atoms with van der Waals surface area (Å²) in [4.78, 5) is 24.2. The fraction of sp³-hybridized carbons (Fsp3) is 0.200. The lowest BCUT2D eigenvalue weighted by Gasteiger charge is -2.13. The SMILES string of the molecule is CCC(C)OC(=O)c1ccc(NC(=S)NC(=O)c2ccc(C#N)cc2)cc1O. The number of benzene rings is 2. The second-order valence-corrected chi connectivity index (χ2v) is 6.36. The Morgan fingerprint density at radius 2 is 1.93 bits per heavy atom. The second-order valence-electron chi connectivity index (χ2n) is 5.95. The van der Waals surface area contributed by atoms with E-state index in [0.717, 1.165) is 0 Å². The number of carbonyl (C=O) groups excluding carboxylic acids is 2. The van der Waals surface area contributed by atoms with E-state index in [0.29, 0.717) is 23.2 Å². The Balaban J connectivity index is 1.99. The number of rotatable bonds is 5. The van der Waals surface area contributed by atoms with Gasteiger partial charge in [-0.15, -0.1) is 0 Å². The maximum absolute atomic E-state index is 12.2. The van der Waals surface area contributed by atoms with Crippen molar-refractivity contribution in [2.45, 2.75) is 26.4 Å². The largest absolute Gasteiger partial charge is 0.507 e. The van der Waals surface area contributed by atoms with Crippen molar-refractivity contribution in [3.05, 3.63) is 59.2 Å². The van der Waals surface area contributed by atoms with Gasteiger partial charge in [-0.1, -0.05) is 6.92 Å². The molecular weight excluding hydrogens is 378 g/mol. The third-order valence-corrected chi connectivity index (χ3v) is 4.07. The summed E-state index contributed by atoms with van der Waals surface area (Å²) in [7, 11) is 0. The number of phenolic OH excluding ortho intramolecular Hbond substituents is 1. The van der Waals surface area contributed by atoms with E-state index in [4.69, 9.17) is 22.2 Å². The van der Waals surface area contributed by atoms with Gasteiger partial charge >= 0.3 is 5.97 Å². The molecule has 7 nitrogen and oxygen atoms in total. The number of nitrogens with one attached hydrogen (secondary N) is 2. The molecule has 3 N–H and O–H groups in total. The van der Waals surface area contributed by atoms with Gasteiger partial charge in [0.15, 0.2) is 5.11 Å². The Bertz CT molecular complexity index is 935. The summed E-state index contributed by atoms with van der Waals surface area (Å²) in [6.45, 7) is 3.65. The van der Waals surface area contributed by atoms with Crippen LogP contribution in [0.1, 0.15) is 46.5 Å². The second kappa shape index (κ2) is 9.48. The number of anilines is 1. The van der Waals surface area contributed by atoms with Gasteiger partial charge in [-0.3, -0.25) is 10.1 Å². The minimum absolute atomic E-state index is 0.0173. The number of amides is 1. The zero-order valence-electron chi connectivity index (χ0n) is 15.4. The number of hydrogen-bond acceptors (Lipinski definition) is 6. The van der Waals surface area contributed by atoms with E-state index in [1.54, 1.807) is 6.92 Å². The average Bonchev–Trinajstić information content (AvgIpc) is 2.67. The lowest BCUT2D eigenvalue weighted by Crippen LogP contribution is -2.34. The van der Waals surface area contributed by atoms with Gasteiger partial charge in [-0.2, -0.15) is 5.26 Å². The third-order valence-electron chi connectivity index (χ3n) is 3.86. The molecule has 0 saturated carbocycles. The number of phenols is 1. The normalized spacial score (nSPS) is 11.0. The van der Waals surface area contributed by atoms with Crippen LogP contribution in [-0.4, -0.2) is 28.2 Å². The highest BCUT2D eigenvalue weighted by molar-refractivity contribution is 7.80. The van der Waals surface area contributed by atoms with E-state index in [9.17, 15) is 14.7 Å². The quantitative estimate of drug-likeness (QED) is 0.524. The molecule has 2 aromatic carbocycles. The highest BCUT2D eigenvalue weighted by Gasteiger charge is 2.16. The van der Waals surface area contributed by atoms with Crippen molar-refractivity contribution < 1.29 is 19.4 Å². The van der Waals surface area contributed by atoms with Gasteiger partial charge in [0, 0.05) is 17.3 Å². The molecule has 0 saturated heterocycles. The van der Waals surface area contributed by atoms with Gasteiger partial charge in [0.25, 0.3) is 5.91 Å². The molecular formula is C20H19N3O4S. The summed E-state index contributed by atoms with van der Waals surface area (Å²) in [6.07, 6.45) is 0.411. The molecule has 8 heteroatoms. The molecule has 0 fully saturated rings. The molecule has 0 heterocycles. The number of hydrogen-bond donors (Lipinski definition) is 3. The maximum atomic E-state index is 12.2. The number of carbonyl (C=O) groups is 2. The molecule has 0 aliphatic rings. The molecule has 28 heavy (non-hydrogen) atoms. The van der Waals surface area contributed by atoms with Gasteiger partial charge in [0.1, 0.15) is 11.3 Å². The molecule has 2 rings (SSSR count). The molecule has 0 spiro atoms. The maximum Gasteiger partial charge on any atom is 0.342 e. The zero-order valence-corrected chi connectivity index (χ0v) is 16.2. The number of esters is 1. The van der Waals surface area contributed by atoms with Crippen molar-refractivity contribution in [2.24, 2.45) is 0 Å². The van der Waals surface area contributed by atoms with Gasteiger partial charge in [0.2, 0.25) is 0 Å². The van der Waals surface area contributed by atoms with Crippen molar-refractivity contribution in [1.82, 2.24) is 5.32 Å².